The Morgan fingerprint density at radius 1 is 1.04 bits per heavy atom. The van der Waals surface area contributed by atoms with Crippen LogP contribution in [0.4, 0.5) is 0 Å². The Bertz CT molecular complexity index is 936. The molecule has 1 heterocycles. The molecule has 6 nitrogen and oxygen atoms in total. The minimum atomic E-state index is -0.434. The fourth-order valence-corrected chi connectivity index (χ4v) is 2.92. The molecule has 0 atom stereocenters. The molecule has 1 aromatic heterocycles. The highest BCUT2D eigenvalue weighted by Crippen LogP contribution is 2.23. The first kappa shape index (κ1) is 19.4. The molecular weight excluding hydrogens is 354 g/mol. The quantitative estimate of drug-likeness (QED) is 0.593. The molecule has 0 bridgehead atoms. The zero-order valence-electron chi connectivity index (χ0n) is 16.0. The zero-order chi connectivity index (χ0) is 19.9. The summed E-state index contributed by atoms with van der Waals surface area (Å²) in [5.74, 6) is -0.706. The predicted octanol–water partition coefficient (Wildman–Crippen LogP) is 3.23. The van der Waals surface area contributed by atoms with Crippen molar-refractivity contribution in [2.75, 3.05) is 20.2 Å². The Labute approximate surface area is 164 Å². The van der Waals surface area contributed by atoms with E-state index in [0.29, 0.717) is 17.8 Å². The van der Waals surface area contributed by atoms with Gasteiger partial charge in [-0.15, -0.1) is 0 Å². The molecule has 144 valence electrons. The summed E-state index contributed by atoms with van der Waals surface area (Å²) < 4.78 is 6.70. The number of hydrogen-bond acceptors (Lipinski definition) is 4. The van der Waals surface area contributed by atoms with Crippen LogP contribution in [0.2, 0.25) is 0 Å². The van der Waals surface area contributed by atoms with Crippen molar-refractivity contribution >= 4 is 11.9 Å². The van der Waals surface area contributed by atoms with Crippen molar-refractivity contribution in [1.29, 1.82) is 0 Å². The van der Waals surface area contributed by atoms with E-state index in [0.717, 1.165) is 11.1 Å². The van der Waals surface area contributed by atoms with E-state index in [4.69, 9.17) is 4.74 Å². The van der Waals surface area contributed by atoms with Gasteiger partial charge in [0.05, 0.1) is 18.7 Å². The smallest absolute Gasteiger partial charge is 0.325 e. The van der Waals surface area contributed by atoms with Crippen molar-refractivity contribution in [3.63, 3.8) is 0 Å². The van der Waals surface area contributed by atoms with Crippen LogP contribution in [-0.4, -0.2) is 46.8 Å². The normalized spacial score (nSPS) is 10.5. The van der Waals surface area contributed by atoms with Gasteiger partial charge in [0.2, 0.25) is 0 Å². The van der Waals surface area contributed by atoms with Crippen molar-refractivity contribution in [3.05, 3.63) is 78.0 Å². The third-order valence-corrected chi connectivity index (χ3v) is 4.25. The van der Waals surface area contributed by atoms with Crippen molar-refractivity contribution < 1.29 is 14.3 Å². The summed E-state index contributed by atoms with van der Waals surface area (Å²) in [6.07, 6.45) is 1.74. The van der Waals surface area contributed by atoms with E-state index in [1.54, 1.807) is 24.9 Å². The summed E-state index contributed by atoms with van der Waals surface area (Å²) in [6, 6.07) is 19.5. The SMILES string of the molecule is CCOC(=O)CN(C)C(=O)c1cn(Cc2ccccc2)nc1-c1ccccc1. The average molecular weight is 377 g/mol. The van der Waals surface area contributed by atoms with Crippen molar-refractivity contribution in [2.45, 2.75) is 13.5 Å². The van der Waals surface area contributed by atoms with Crippen LogP contribution >= 0.6 is 0 Å². The lowest BCUT2D eigenvalue weighted by molar-refractivity contribution is -0.143. The summed E-state index contributed by atoms with van der Waals surface area (Å²) in [7, 11) is 1.59. The molecule has 0 unspecified atom stereocenters. The summed E-state index contributed by atoms with van der Waals surface area (Å²) in [5.41, 5.74) is 2.98. The van der Waals surface area contributed by atoms with Gasteiger partial charge < -0.3 is 9.64 Å². The second-order valence-corrected chi connectivity index (χ2v) is 6.41. The zero-order valence-corrected chi connectivity index (χ0v) is 16.0. The maximum atomic E-state index is 13.0. The summed E-state index contributed by atoms with van der Waals surface area (Å²) in [6.45, 7) is 2.46. The molecule has 0 aliphatic rings. The number of amides is 1. The third kappa shape index (κ3) is 4.65. The van der Waals surface area contributed by atoms with Gasteiger partial charge in [0, 0.05) is 18.8 Å². The Balaban J connectivity index is 1.91. The van der Waals surface area contributed by atoms with Gasteiger partial charge >= 0.3 is 5.97 Å². The number of aromatic nitrogens is 2. The lowest BCUT2D eigenvalue weighted by atomic mass is 10.1. The topological polar surface area (TPSA) is 64.4 Å². The number of ether oxygens (including phenoxy) is 1. The molecule has 6 heteroatoms. The van der Waals surface area contributed by atoms with Gasteiger partial charge in [-0.25, -0.2) is 0 Å². The van der Waals surface area contributed by atoms with Crippen LogP contribution in [0.5, 0.6) is 0 Å². The minimum absolute atomic E-state index is 0.106. The van der Waals surface area contributed by atoms with E-state index < -0.39 is 5.97 Å². The second kappa shape index (κ2) is 8.99. The van der Waals surface area contributed by atoms with Crippen molar-refractivity contribution in [1.82, 2.24) is 14.7 Å². The maximum Gasteiger partial charge on any atom is 0.325 e. The van der Waals surface area contributed by atoms with E-state index >= 15 is 0 Å². The van der Waals surface area contributed by atoms with Gasteiger partial charge in [0.1, 0.15) is 12.2 Å². The van der Waals surface area contributed by atoms with Gasteiger partial charge in [0.25, 0.3) is 5.91 Å². The molecule has 0 aliphatic carbocycles. The van der Waals surface area contributed by atoms with Crippen LogP contribution in [0.1, 0.15) is 22.8 Å². The number of carbonyl (C=O) groups is 2. The largest absolute Gasteiger partial charge is 0.465 e. The standard InChI is InChI=1S/C22H23N3O3/c1-3-28-20(26)16-24(2)22(27)19-15-25(14-17-10-6-4-7-11-17)23-21(19)18-12-8-5-9-13-18/h4-13,15H,3,14,16H2,1-2H3. The number of esters is 1. The molecule has 0 radical (unpaired) electrons. The molecule has 3 aromatic rings. The Hall–Kier alpha value is -3.41. The fraction of sp³-hybridized carbons (Fsp3) is 0.227. The molecular formula is C22H23N3O3. The summed E-state index contributed by atoms with van der Waals surface area (Å²) >= 11 is 0. The van der Waals surface area contributed by atoms with E-state index in [-0.39, 0.29) is 19.1 Å². The second-order valence-electron chi connectivity index (χ2n) is 6.41. The van der Waals surface area contributed by atoms with Crippen LogP contribution < -0.4 is 0 Å². The lowest BCUT2D eigenvalue weighted by Gasteiger charge is -2.15. The molecule has 0 saturated heterocycles. The van der Waals surface area contributed by atoms with Gasteiger partial charge in [-0.2, -0.15) is 5.10 Å². The van der Waals surface area contributed by atoms with E-state index in [1.165, 1.54) is 4.90 Å². The minimum Gasteiger partial charge on any atom is -0.465 e. The van der Waals surface area contributed by atoms with Crippen LogP contribution in [0.15, 0.2) is 66.9 Å². The van der Waals surface area contributed by atoms with Crippen LogP contribution in [0.3, 0.4) is 0 Å². The lowest BCUT2D eigenvalue weighted by Crippen LogP contribution is -2.33. The van der Waals surface area contributed by atoms with Crippen LogP contribution in [0.25, 0.3) is 11.3 Å². The number of carbonyl (C=O) groups excluding carboxylic acids is 2. The number of benzene rings is 2. The molecule has 1 amide bonds. The first-order valence-electron chi connectivity index (χ1n) is 9.16. The molecule has 0 aliphatic heterocycles. The van der Waals surface area contributed by atoms with Gasteiger partial charge in [-0.1, -0.05) is 60.7 Å². The molecule has 28 heavy (non-hydrogen) atoms. The third-order valence-electron chi connectivity index (χ3n) is 4.25. The first-order valence-corrected chi connectivity index (χ1v) is 9.16. The van der Waals surface area contributed by atoms with Gasteiger partial charge in [-0.3, -0.25) is 14.3 Å². The van der Waals surface area contributed by atoms with E-state index in [2.05, 4.69) is 5.10 Å². The van der Waals surface area contributed by atoms with Gasteiger partial charge in [-0.05, 0) is 12.5 Å². The van der Waals surface area contributed by atoms with Crippen LogP contribution in [-0.2, 0) is 16.1 Å². The summed E-state index contributed by atoms with van der Waals surface area (Å²) in [4.78, 5) is 26.1. The Kier molecular flexibility index (Phi) is 6.22. The van der Waals surface area contributed by atoms with Crippen LogP contribution in [0, 0.1) is 0 Å². The monoisotopic (exact) mass is 377 g/mol. The highest BCUT2D eigenvalue weighted by atomic mass is 16.5. The maximum absolute atomic E-state index is 13.0. The molecule has 0 spiro atoms. The molecule has 0 N–H and O–H groups in total. The molecule has 2 aromatic carbocycles. The number of rotatable bonds is 7. The van der Waals surface area contributed by atoms with Crippen molar-refractivity contribution in [3.8, 4) is 11.3 Å². The number of likely N-dealkylation sites (N-methyl/N-ethyl adjacent to an activating group) is 1. The van der Waals surface area contributed by atoms with E-state index in [1.807, 2.05) is 60.7 Å². The number of nitrogens with zero attached hydrogens (tertiary/aromatic N) is 3. The summed E-state index contributed by atoms with van der Waals surface area (Å²) in [5, 5.41) is 4.65. The Morgan fingerprint density at radius 3 is 2.32 bits per heavy atom. The highest BCUT2D eigenvalue weighted by Gasteiger charge is 2.22. The molecule has 0 fully saturated rings. The Morgan fingerprint density at radius 2 is 1.68 bits per heavy atom. The predicted molar refractivity (Wildman–Crippen MR) is 107 cm³/mol. The average Bonchev–Trinajstić information content (AvgIpc) is 3.12. The van der Waals surface area contributed by atoms with Crippen molar-refractivity contribution in [2.24, 2.45) is 0 Å². The number of hydrogen-bond donors (Lipinski definition) is 0. The highest BCUT2D eigenvalue weighted by molar-refractivity contribution is 6.00. The molecule has 3 rings (SSSR count). The fourth-order valence-electron chi connectivity index (χ4n) is 2.92. The first-order chi connectivity index (χ1) is 13.6. The molecule has 0 saturated carbocycles. The van der Waals surface area contributed by atoms with E-state index in [9.17, 15) is 9.59 Å². The van der Waals surface area contributed by atoms with Gasteiger partial charge in [0.15, 0.2) is 0 Å².